The Labute approximate surface area is 193 Å². The molecule has 0 saturated heterocycles. The van der Waals surface area contributed by atoms with Gasteiger partial charge in [-0.05, 0) is 60.0 Å². The number of benzene rings is 2. The molecule has 0 spiro atoms. The molecule has 0 fully saturated rings. The molecule has 0 amide bonds. The van der Waals surface area contributed by atoms with Crippen LogP contribution < -0.4 is 4.74 Å². The first-order valence-corrected chi connectivity index (χ1v) is 10.7. The summed E-state index contributed by atoms with van der Waals surface area (Å²) in [6, 6.07) is 19.1. The minimum Gasteiger partial charge on any atom is -0.488 e. The summed E-state index contributed by atoms with van der Waals surface area (Å²) in [6.07, 6.45) is 0.675. The molecule has 3 aromatic rings. The van der Waals surface area contributed by atoms with Gasteiger partial charge in [-0.2, -0.15) is 0 Å². The van der Waals surface area contributed by atoms with Crippen LogP contribution in [0, 0.1) is 29.8 Å². The molecule has 0 aliphatic carbocycles. The molecule has 164 valence electrons. The van der Waals surface area contributed by atoms with Crippen LogP contribution in [-0.2, 0) is 4.74 Å². The van der Waals surface area contributed by atoms with Crippen LogP contribution in [0.5, 0.6) is 5.75 Å². The third-order valence-electron chi connectivity index (χ3n) is 4.82. The fraction of sp³-hybridized carbons (Fsp3) is 0.259. The second-order valence-corrected chi connectivity index (χ2v) is 7.51. The van der Waals surface area contributed by atoms with E-state index in [1.165, 1.54) is 0 Å². The monoisotopic (exact) mass is 450 g/mol. The second-order valence-electron chi connectivity index (χ2n) is 7.10. The van der Waals surface area contributed by atoms with Gasteiger partial charge in [0.2, 0.25) is 0 Å². The Morgan fingerprint density at radius 2 is 1.97 bits per heavy atom. The number of halogens is 2. The van der Waals surface area contributed by atoms with Gasteiger partial charge in [-0.15, -0.1) is 0 Å². The maximum Gasteiger partial charge on any atom is 0.174 e. The number of rotatable bonds is 8. The van der Waals surface area contributed by atoms with Crippen molar-refractivity contribution in [2.24, 2.45) is 0 Å². The van der Waals surface area contributed by atoms with Crippen LogP contribution in [0.2, 0.25) is 5.02 Å². The van der Waals surface area contributed by atoms with Crippen molar-refractivity contribution in [3.8, 4) is 28.7 Å². The highest BCUT2D eigenvalue weighted by molar-refractivity contribution is 6.33. The highest BCUT2D eigenvalue weighted by Gasteiger charge is 2.20. The van der Waals surface area contributed by atoms with Gasteiger partial charge in [0.05, 0.1) is 6.61 Å². The van der Waals surface area contributed by atoms with Crippen molar-refractivity contribution in [2.45, 2.75) is 25.9 Å². The average Bonchev–Trinajstić information content (AvgIpc) is 2.81. The molecular weight excluding hydrogens is 427 g/mol. The minimum atomic E-state index is -0.921. The molecule has 5 heteroatoms. The van der Waals surface area contributed by atoms with E-state index in [1.54, 1.807) is 55.6 Å². The molecule has 0 radical (unpaired) electrons. The van der Waals surface area contributed by atoms with Gasteiger partial charge in [0.15, 0.2) is 11.6 Å². The zero-order valence-corrected chi connectivity index (χ0v) is 18.8. The SMILES string of the molecule is CCCC#Cc1ccc(OCCOC)c(F)c1-c1cc(C(O)c2cc#ccc2)ccc1Cl. The molecule has 32 heavy (non-hydrogen) atoms. The van der Waals surface area contributed by atoms with Crippen LogP contribution in [0.15, 0.2) is 48.5 Å². The van der Waals surface area contributed by atoms with Gasteiger partial charge in [-0.3, -0.25) is 0 Å². The number of ether oxygens (including phenoxy) is 2. The van der Waals surface area contributed by atoms with Crippen LogP contribution in [-0.4, -0.2) is 25.4 Å². The summed E-state index contributed by atoms with van der Waals surface area (Å²) in [5, 5.41) is 11.2. The Balaban J connectivity index is 2.11. The lowest BCUT2D eigenvalue weighted by Crippen LogP contribution is -2.06. The molecule has 0 heterocycles. The predicted molar refractivity (Wildman–Crippen MR) is 124 cm³/mol. The zero-order chi connectivity index (χ0) is 22.9. The van der Waals surface area contributed by atoms with E-state index in [2.05, 4.69) is 24.0 Å². The maximum absolute atomic E-state index is 15.6. The molecule has 0 aliphatic rings. The van der Waals surface area contributed by atoms with Crippen LogP contribution in [0.4, 0.5) is 4.39 Å². The lowest BCUT2D eigenvalue weighted by Gasteiger charge is -2.16. The average molecular weight is 451 g/mol. The molecule has 3 rings (SSSR count). The molecule has 0 aromatic heterocycles. The van der Waals surface area contributed by atoms with Crippen molar-refractivity contribution >= 4 is 11.6 Å². The first-order valence-electron chi connectivity index (χ1n) is 10.4. The van der Waals surface area contributed by atoms with E-state index in [0.29, 0.717) is 40.3 Å². The molecule has 1 N–H and O–H groups in total. The maximum atomic E-state index is 15.6. The van der Waals surface area contributed by atoms with E-state index < -0.39 is 11.9 Å². The van der Waals surface area contributed by atoms with Crippen molar-refractivity contribution in [3.63, 3.8) is 0 Å². The molecule has 0 saturated carbocycles. The third kappa shape index (κ3) is 5.61. The van der Waals surface area contributed by atoms with E-state index in [9.17, 15) is 5.11 Å². The Kier molecular flexibility index (Phi) is 8.54. The van der Waals surface area contributed by atoms with Gasteiger partial charge >= 0.3 is 0 Å². The summed E-state index contributed by atoms with van der Waals surface area (Å²) >= 11 is 6.50. The smallest absolute Gasteiger partial charge is 0.174 e. The van der Waals surface area contributed by atoms with Crippen molar-refractivity contribution in [1.82, 2.24) is 0 Å². The number of methoxy groups -OCH3 is 1. The largest absolute Gasteiger partial charge is 0.488 e. The number of aliphatic hydroxyl groups is 1. The Morgan fingerprint density at radius 3 is 2.69 bits per heavy atom. The van der Waals surface area contributed by atoms with Crippen molar-refractivity contribution in [3.05, 3.63) is 88.2 Å². The molecule has 3 nitrogen and oxygen atoms in total. The van der Waals surface area contributed by atoms with Crippen molar-refractivity contribution in [2.75, 3.05) is 20.3 Å². The number of hydrogen-bond acceptors (Lipinski definition) is 3. The topological polar surface area (TPSA) is 38.7 Å². The summed E-state index contributed by atoms with van der Waals surface area (Å²) < 4.78 is 26.2. The first kappa shape index (κ1) is 23.6. The van der Waals surface area contributed by atoms with E-state index in [0.717, 1.165) is 6.42 Å². The lowest BCUT2D eigenvalue weighted by molar-refractivity contribution is 0.144. The standard InChI is InChI=1S/C27H24ClFO3/c1-3-4-6-9-19-13-15-24(32-17-16-31-2)26(29)25(19)22-18-21(12-14-23(22)28)27(30)20-10-7-5-8-11-20/h7,10-15,18,27,30H,3-4,16-17H2,1-2H3. The van der Waals surface area contributed by atoms with Gasteiger partial charge in [-0.1, -0.05) is 48.6 Å². The second kappa shape index (κ2) is 11.6. The van der Waals surface area contributed by atoms with Crippen LogP contribution in [0.3, 0.4) is 0 Å². The number of hydrogen-bond donors (Lipinski definition) is 1. The molecule has 3 aromatic carbocycles. The van der Waals surface area contributed by atoms with Crippen LogP contribution in [0.1, 0.15) is 42.6 Å². The zero-order valence-electron chi connectivity index (χ0n) is 18.0. The summed E-state index contributed by atoms with van der Waals surface area (Å²) in [5.41, 5.74) is 2.41. The van der Waals surface area contributed by atoms with E-state index >= 15 is 4.39 Å². The lowest BCUT2D eigenvalue weighted by atomic mass is 9.94. The Hall–Kier alpha value is -3.02. The summed E-state index contributed by atoms with van der Waals surface area (Å²) in [6.45, 7) is 2.58. The predicted octanol–water partition coefficient (Wildman–Crippen LogP) is 6.00. The van der Waals surface area contributed by atoms with Gasteiger partial charge in [-0.25, -0.2) is 4.39 Å². The summed E-state index contributed by atoms with van der Waals surface area (Å²) in [5.74, 6) is 5.66. The Morgan fingerprint density at radius 1 is 1.12 bits per heavy atom. The highest BCUT2D eigenvalue weighted by Crippen LogP contribution is 2.38. The van der Waals surface area contributed by atoms with Crippen LogP contribution >= 0.6 is 11.6 Å². The highest BCUT2D eigenvalue weighted by atomic mass is 35.5. The number of unbranched alkanes of at least 4 members (excludes halogenated alkanes) is 1. The summed E-state index contributed by atoms with van der Waals surface area (Å²) in [7, 11) is 1.55. The van der Waals surface area contributed by atoms with Gasteiger partial charge < -0.3 is 14.6 Å². The Bertz CT molecular complexity index is 1100. The van der Waals surface area contributed by atoms with Crippen molar-refractivity contribution in [1.29, 1.82) is 0 Å². The quantitative estimate of drug-likeness (QED) is 0.337. The third-order valence-corrected chi connectivity index (χ3v) is 5.15. The molecule has 0 bridgehead atoms. The van der Waals surface area contributed by atoms with Crippen molar-refractivity contribution < 1.29 is 19.0 Å². The molecule has 1 atom stereocenters. The van der Waals surface area contributed by atoms with Crippen LogP contribution in [0.25, 0.3) is 11.1 Å². The molecule has 0 aliphatic heterocycles. The minimum absolute atomic E-state index is 0.0910. The van der Waals surface area contributed by atoms with E-state index in [4.69, 9.17) is 21.1 Å². The summed E-state index contributed by atoms with van der Waals surface area (Å²) in [4.78, 5) is 0. The van der Waals surface area contributed by atoms with Gasteiger partial charge in [0.25, 0.3) is 0 Å². The number of aliphatic hydroxyl groups excluding tert-OH is 1. The fourth-order valence-electron chi connectivity index (χ4n) is 3.18. The van der Waals surface area contributed by atoms with E-state index in [1.807, 2.05) is 6.92 Å². The normalized spacial score (nSPS) is 11.3. The van der Waals surface area contributed by atoms with E-state index in [-0.39, 0.29) is 17.9 Å². The van der Waals surface area contributed by atoms with Gasteiger partial charge in [0.1, 0.15) is 12.7 Å². The van der Waals surface area contributed by atoms with Gasteiger partial charge in [0, 0.05) is 35.2 Å². The molecular formula is C27H24ClFO3. The molecule has 1 unspecified atom stereocenters. The fourth-order valence-corrected chi connectivity index (χ4v) is 3.39. The first-order chi connectivity index (χ1) is 15.6.